The lowest BCUT2D eigenvalue weighted by atomic mass is 9.44. The van der Waals surface area contributed by atoms with Gasteiger partial charge in [-0.2, -0.15) is 0 Å². The fourth-order valence-electron chi connectivity index (χ4n) is 13.4. The predicted octanol–water partition coefficient (Wildman–Crippen LogP) is 16.6. The summed E-state index contributed by atoms with van der Waals surface area (Å²) in [5.41, 5.74) is 0.737. The second-order valence-electron chi connectivity index (χ2n) is 20.8. The minimum atomic E-state index is 0.119. The van der Waals surface area contributed by atoms with Gasteiger partial charge in [-0.3, -0.25) is 4.79 Å². The number of esters is 1. The standard InChI is InChI=1S/C51H94O2/c1-7-8-9-10-11-12-13-14-15-16-17-18-19-20-21-22-23-24-25-26-27-34-49(52)53-48-33-29-32-43-35-36-44-46-38-37-45(42(4)31-28-30-41(2)3)50(46,5)40-39-47(44)51(43,48)6/h41-48H,7-40H2,1-6H3/t42-,43?,44+,45-,46+,47+,48?,50-,51+/m1/s1. The molecule has 0 aliphatic heterocycles. The molecule has 0 bridgehead atoms. The third-order valence-electron chi connectivity index (χ3n) is 16.6. The molecular weight excluding hydrogens is 645 g/mol. The first kappa shape index (κ1) is 45.2. The maximum atomic E-state index is 13.3. The Balaban J connectivity index is 1.05. The largest absolute Gasteiger partial charge is 0.462 e. The highest BCUT2D eigenvalue weighted by Gasteiger charge is 2.62. The second kappa shape index (κ2) is 24.3. The highest BCUT2D eigenvalue weighted by molar-refractivity contribution is 5.69. The first-order valence-electron chi connectivity index (χ1n) is 24.9. The smallest absolute Gasteiger partial charge is 0.306 e. The van der Waals surface area contributed by atoms with Crippen LogP contribution in [0.3, 0.4) is 0 Å². The molecule has 0 aromatic carbocycles. The molecule has 0 aromatic rings. The Bertz CT molecular complexity index is 971. The second-order valence-corrected chi connectivity index (χ2v) is 20.8. The number of rotatable bonds is 28. The number of unbranched alkanes of at least 4 members (excludes halogenated alkanes) is 20. The van der Waals surface area contributed by atoms with Gasteiger partial charge in [0.15, 0.2) is 0 Å². The van der Waals surface area contributed by atoms with Crippen LogP contribution in [0.25, 0.3) is 0 Å². The SMILES string of the molecule is CCCCCCCCCCCCCCCCCCCCCCCC(=O)OC1CCCC2CC[C@@H]3[C@H](CC[C@]4(C)[C@@H]([C@H](C)CCCC(C)C)CC[C@@H]34)[C@]21C. The van der Waals surface area contributed by atoms with Gasteiger partial charge in [0.25, 0.3) is 0 Å². The minimum absolute atomic E-state index is 0.119. The van der Waals surface area contributed by atoms with Crippen LogP contribution in [-0.2, 0) is 9.53 Å². The lowest BCUT2D eigenvalue weighted by Gasteiger charge is -2.62. The van der Waals surface area contributed by atoms with Crippen molar-refractivity contribution in [2.75, 3.05) is 0 Å². The van der Waals surface area contributed by atoms with Crippen LogP contribution in [0.1, 0.15) is 260 Å². The van der Waals surface area contributed by atoms with Gasteiger partial charge >= 0.3 is 5.97 Å². The van der Waals surface area contributed by atoms with Crippen molar-refractivity contribution in [3.63, 3.8) is 0 Å². The van der Waals surface area contributed by atoms with Gasteiger partial charge in [0.2, 0.25) is 0 Å². The van der Waals surface area contributed by atoms with Gasteiger partial charge in [-0.25, -0.2) is 0 Å². The van der Waals surface area contributed by atoms with Gasteiger partial charge in [-0.1, -0.05) is 189 Å². The Labute approximate surface area is 332 Å². The number of fused-ring (bicyclic) bond motifs is 5. The van der Waals surface area contributed by atoms with E-state index in [4.69, 9.17) is 4.74 Å². The third kappa shape index (κ3) is 13.5. The van der Waals surface area contributed by atoms with Crippen LogP contribution in [0.15, 0.2) is 0 Å². The van der Waals surface area contributed by atoms with Gasteiger partial charge in [0, 0.05) is 11.8 Å². The van der Waals surface area contributed by atoms with E-state index in [1.54, 1.807) is 0 Å². The molecule has 4 fully saturated rings. The molecule has 0 heterocycles. The van der Waals surface area contributed by atoms with Crippen molar-refractivity contribution >= 4 is 5.97 Å². The van der Waals surface area contributed by atoms with Crippen LogP contribution >= 0.6 is 0 Å². The number of hydrogen-bond donors (Lipinski definition) is 0. The van der Waals surface area contributed by atoms with Gasteiger partial charge in [-0.05, 0) is 111 Å². The highest BCUT2D eigenvalue weighted by atomic mass is 16.5. The lowest BCUT2D eigenvalue weighted by molar-refractivity contribution is -0.192. The predicted molar refractivity (Wildman–Crippen MR) is 230 cm³/mol. The van der Waals surface area contributed by atoms with E-state index in [0.29, 0.717) is 11.8 Å². The molecule has 53 heavy (non-hydrogen) atoms. The molecule has 9 atom stereocenters. The molecule has 0 amide bonds. The quantitative estimate of drug-likeness (QED) is 0.0590. The van der Waals surface area contributed by atoms with E-state index >= 15 is 0 Å². The van der Waals surface area contributed by atoms with Crippen molar-refractivity contribution in [3.05, 3.63) is 0 Å². The normalized spacial score (nSPS) is 31.6. The van der Waals surface area contributed by atoms with Crippen LogP contribution in [0.2, 0.25) is 0 Å². The molecule has 310 valence electrons. The lowest BCUT2D eigenvalue weighted by Crippen LogP contribution is -2.58. The van der Waals surface area contributed by atoms with Crippen molar-refractivity contribution < 1.29 is 9.53 Å². The van der Waals surface area contributed by atoms with E-state index in [-0.39, 0.29) is 17.5 Å². The Morgan fingerprint density at radius 1 is 0.585 bits per heavy atom. The summed E-state index contributed by atoms with van der Waals surface area (Å²) in [6, 6.07) is 0. The summed E-state index contributed by atoms with van der Waals surface area (Å²) >= 11 is 0. The summed E-state index contributed by atoms with van der Waals surface area (Å²) in [6.45, 7) is 15.0. The molecule has 4 rings (SSSR count). The van der Waals surface area contributed by atoms with Crippen molar-refractivity contribution in [1.29, 1.82) is 0 Å². The number of ether oxygens (including phenoxy) is 1. The van der Waals surface area contributed by atoms with E-state index in [1.807, 2.05) is 0 Å². The fraction of sp³-hybridized carbons (Fsp3) is 0.980. The van der Waals surface area contributed by atoms with Gasteiger partial charge in [-0.15, -0.1) is 0 Å². The van der Waals surface area contributed by atoms with E-state index < -0.39 is 0 Å². The Morgan fingerprint density at radius 3 is 1.68 bits per heavy atom. The average molecular weight is 739 g/mol. The van der Waals surface area contributed by atoms with Crippen molar-refractivity contribution in [2.24, 2.45) is 52.3 Å². The molecule has 0 saturated heterocycles. The van der Waals surface area contributed by atoms with Gasteiger partial charge in [0.05, 0.1) is 0 Å². The number of carbonyl (C=O) groups is 1. The monoisotopic (exact) mass is 739 g/mol. The van der Waals surface area contributed by atoms with Crippen molar-refractivity contribution in [3.8, 4) is 0 Å². The van der Waals surface area contributed by atoms with Gasteiger partial charge < -0.3 is 4.74 Å². The molecule has 0 N–H and O–H groups in total. The summed E-state index contributed by atoms with van der Waals surface area (Å²) in [5, 5.41) is 0. The molecule has 4 saturated carbocycles. The summed E-state index contributed by atoms with van der Waals surface area (Å²) < 4.78 is 6.58. The van der Waals surface area contributed by atoms with Crippen LogP contribution in [-0.4, -0.2) is 12.1 Å². The van der Waals surface area contributed by atoms with Crippen LogP contribution in [0.5, 0.6) is 0 Å². The Hall–Kier alpha value is -0.530. The first-order chi connectivity index (χ1) is 25.7. The van der Waals surface area contributed by atoms with E-state index in [0.717, 1.165) is 54.3 Å². The molecule has 2 unspecified atom stereocenters. The maximum absolute atomic E-state index is 13.3. The highest BCUT2D eigenvalue weighted by Crippen LogP contribution is 2.68. The van der Waals surface area contributed by atoms with Crippen molar-refractivity contribution in [1.82, 2.24) is 0 Å². The summed E-state index contributed by atoms with van der Waals surface area (Å²) in [4.78, 5) is 13.3. The van der Waals surface area contributed by atoms with E-state index in [2.05, 4.69) is 41.5 Å². The molecule has 2 heteroatoms. The molecule has 4 aliphatic rings. The van der Waals surface area contributed by atoms with E-state index in [9.17, 15) is 4.79 Å². The molecule has 0 radical (unpaired) electrons. The number of hydrogen-bond acceptors (Lipinski definition) is 2. The summed E-state index contributed by atoms with van der Waals surface area (Å²) in [6.07, 6.45) is 46.7. The average Bonchev–Trinajstić information content (AvgIpc) is 3.49. The van der Waals surface area contributed by atoms with Crippen molar-refractivity contribution in [2.45, 2.75) is 266 Å². The zero-order chi connectivity index (χ0) is 37.9. The molecule has 4 aliphatic carbocycles. The fourth-order valence-corrected chi connectivity index (χ4v) is 13.4. The zero-order valence-electron chi connectivity index (χ0n) is 37.0. The molecule has 0 spiro atoms. The Kier molecular flexibility index (Phi) is 20.7. The minimum Gasteiger partial charge on any atom is -0.462 e. The first-order valence-corrected chi connectivity index (χ1v) is 24.9. The maximum Gasteiger partial charge on any atom is 0.306 e. The topological polar surface area (TPSA) is 26.3 Å². The summed E-state index contributed by atoms with van der Waals surface area (Å²) in [5.74, 6) is 6.02. The summed E-state index contributed by atoms with van der Waals surface area (Å²) in [7, 11) is 0. The Morgan fingerprint density at radius 2 is 1.13 bits per heavy atom. The molecule has 2 nitrogen and oxygen atoms in total. The van der Waals surface area contributed by atoms with Gasteiger partial charge in [0.1, 0.15) is 6.10 Å². The molecular formula is C51H94O2. The molecule has 0 aromatic heterocycles. The number of carbonyl (C=O) groups excluding carboxylic acids is 1. The zero-order valence-corrected chi connectivity index (χ0v) is 37.0. The van der Waals surface area contributed by atoms with Crippen LogP contribution < -0.4 is 0 Å². The third-order valence-corrected chi connectivity index (χ3v) is 16.6. The van der Waals surface area contributed by atoms with E-state index in [1.165, 1.54) is 199 Å². The van der Waals surface area contributed by atoms with Crippen LogP contribution in [0.4, 0.5) is 0 Å². The van der Waals surface area contributed by atoms with Crippen LogP contribution in [0, 0.1) is 52.3 Å².